The molecule has 1 amide bonds. The van der Waals surface area contributed by atoms with Crippen LogP contribution in [0.15, 0.2) is 57.7 Å². The summed E-state index contributed by atoms with van der Waals surface area (Å²) in [5.41, 5.74) is 0.500. The molecule has 0 unspecified atom stereocenters. The lowest BCUT2D eigenvalue weighted by atomic mass is 10.0. The summed E-state index contributed by atoms with van der Waals surface area (Å²) in [6.45, 7) is 8.26. The third-order valence-electron chi connectivity index (χ3n) is 4.74. The van der Waals surface area contributed by atoms with E-state index in [1.54, 1.807) is 18.2 Å². The fourth-order valence-electron chi connectivity index (χ4n) is 2.97. The number of ether oxygens (including phenoxy) is 2. The van der Waals surface area contributed by atoms with Crippen molar-refractivity contribution in [2.24, 2.45) is 5.92 Å². The zero-order valence-electron chi connectivity index (χ0n) is 18.6. The Hall–Kier alpha value is -3.61. The highest BCUT2D eigenvalue weighted by atomic mass is 16.6. The molecule has 0 aliphatic carbocycles. The van der Waals surface area contributed by atoms with Crippen molar-refractivity contribution in [3.8, 4) is 11.5 Å². The molecule has 3 rings (SSSR count). The van der Waals surface area contributed by atoms with Crippen molar-refractivity contribution < 1.29 is 23.5 Å². The van der Waals surface area contributed by atoms with Crippen molar-refractivity contribution in [2.45, 2.75) is 33.6 Å². The van der Waals surface area contributed by atoms with Gasteiger partial charge in [-0.1, -0.05) is 39.8 Å². The normalized spacial score (nSPS) is 11.1. The number of esters is 1. The van der Waals surface area contributed by atoms with E-state index in [2.05, 4.69) is 19.2 Å². The molecule has 3 aromatic rings. The Kier molecular flexibility index (Phi) is 7.30. The fraction of sp³-hybridized carbons (Fsp3) is 0.320. The van der Waals surface area contributed by atoms with Gasteiger partial charge in [0.05, 0.1) is 0 Å². The van der Waals surface area contributed by atoms with Crippen molar-refractivity contribution in [2.75, 3.05) is 13.2 Å². The van der Waals surface area contributed by atoms with Crippen LogP contribution in [-0.4, -0.2) is 25.0 Å². The summed E-state index contributed by atoms with van der Waals surface area (Å²) < 4.78 is 16.1. The molecular formula is C25H27NO6. The van der Waals surface area contributed by atoms with Gasteiger partial charge in [-0.2, -0.15) is 0 Å². The first kappa shape index (κ1) is 23.1. The molecule has 0 aliphatic heterocycles. The molecule has 0 atom stereocenters. The third kappa shape index (κ3) is 5.97. The van der Waals surface area contributed by atoms with Crippen LogP contribution >= 0.6 is 0 Å². The molecule has 7 heteroatoms. The van der Waals surface area contributed by atoms with E-state index in [9.17, 15) is 14.4 Å². The summed E-state index contributed by atoms with van der Waals surface area (Å²) >= 11 is 0. The van der Waals surface area contributed by atoms with Crippen LogP contribution in [0.4, 0.5) is 0 Å². The lowest BCUT2D eigenvalue weighted by Gasteiger charge is -2.10. The Labute approximate surface area is 186 Å². The molecule has 0 bridgehead atoms. The van der Waals surface area contributed by atoms with Gasteiger partial charge in [-0.3, -0.25) is 4.79 Å². The smallest absolute Gasteiger partial charge is 0.349 e. The number of carbonyl (C=O) groups excluding carboxylic acids is 2. The molecule has 1 heterocycles. The maximum absolute atomic E-state index is 12.2. The number of amides is 1. The number of hydrogen-bond acceptors (Lipinski definition) is 6. The van der Waals surface area contributed by atoms with Crippen molar-refractivity contribution in [3.63, 3.8) is 0 Å². The Morgan fingerprint density at radius 2 is 1.78 bits per heavy atom. The van der Waals surface area contributed by atoms with E-state index in [0.29, 0.717) is 23.6 Å². The van der Waals surface area contributed by atoms with Gasteiger partial charge >= 0.3 is 11.6 Å². The van der Waals surface area contributed by atoms with Crippen LogP contribution in [0.25, 0.3) is 11.0 Å². The standard InChI is InChI=1S/C25H27NO6/c1-15(2)13-26-24(28)21-11-18-8-9-20(12-22(18)32-25(21)29)31-23(27)14-30-19-7-5-6-17(10-19)16(3)4/h5-12,15-16H,13-14H2,1-4H3,(H,26,28). The average molecular weight is 437 g/mol. The summed E-state index contributed by atoms with van der Waals surface area (Å²) in [6.07, 6.45) is 0. The van der Waals surface area contributed by atoms with E-state index >= 15 is 0 Å². The van der Waals surface area contributed by atoms with Gasteiger partial charge in [0.15, 0.2) is 6.61 Å². The zero-order chi connectivity index (χ0) is 23.3. The number of fused-ring (bicyclic) bond motifs is 1. The second kappa shape index (κ2) is 10.1. The summed E-state index contributed by atoms with van der Waals surface area (Å²) in [5, 5.41) is 3.24. The molecule has 0 aliphatic rings. The Morgan fingerprint density at radius 1 is 1.00 bits per heavy atom. The minimum absolute atomic E-state index is 0.0695. The van der Waals surface area contributed by atoms with E-state index < -0.39 is 17.5 Å². The second-order valence-corrected chi connectivity index (χ2v) is 8.24. The molecule has 1 aromatic heterocycles. The van der Waals surface area contributed by atoms with Crippen LogP contribution in [0.1, 0.15) is 49.5 Å². The van der Waals surface area contributed by atoms with Gasteiger partial charge in [-0.25, -0.2) is 9.59 Å². The maximum Gasteiger partial charge on any atom is 0.349 e. The van der Waals surface area contributed by atoms with E-state index in [0.717, 1.165) is 5.56 Å². The van der Waals surface area contributed by atoms with Crippen LogP contribution in [0.3, 0.4) is 0 Å². The highest BCUT2D eigenvalue weighted by Gasteiger charge is 2.15. The fourth-order valence-corrected chi connectivity index (χ4v) is 2.97. The van der Waals surface area contributed by atoms with Crippen molar-refractivity contribution in [1.29, 1.82) is 0 Å². The van der Waals surface area contributed by atoms with Crippen LogP contribution in [0.2, 0.25) is 0 Å². The van der Waals surface area contributed by atoms with Crippen molar-refractivity contribution in [1.82, 2.24) is 5.32 Å². The average Bonchev–Trinajstić information content (AvgIpc) is 2.75. The summed E-state index contributed by atoms with van der Waals surface area (Å²) in [5.74, 6) is 0.323. The third-order valence-corrected chi connectivity index (χ3v) is 4.74. The Morgan fingerprint density at radius 3 is 2.50 bits per heavy atom. The van der Waals surface area contributed by atoms with Crippen LogP contribution in [-0.2, 0) is 4.79 Å². The van der Waals surface area contributed by atoms with Gasteiger partial charge in [0.1, 0.15) is 22.6 Å². The van der Waals surface area contributed by atoms with Gasteiger partial charge < -0.3 is 19.2 Å². The van der Waals surface area contributed by atoms with Gasteiger partial charge in [-0.15, -0.1) is 0 Å². The van der Waals surface area contributed by atoms with Gasteiger partial charge in [0.25, 0.3) is 5.91 Å². The minimum atomic E-state index is -0.754. The molecule has 168 valence electrons. The van der Waals surface area contributed by atoms with E-state index in [4.69, 9.17) is 13.9 Å². The van der Waals surface area contributed by atoms with Gasteiger partial charge in [0, 0.05) is 18.0 Å². The topological polar surface area (TPSA) is 94.8 Å². The van der Waals surface area contributed by atoms with Crippen molar-refractivity contribution >= 4 is 22.8 Å². The summed E-state index contributed by atoms with van der Waals surface area (Å²) in [7, 11) is 0. The first-order valence-electron chi connectivity index (χ1n) is 10.5. The molecule has 32 heavy (non-hydrogen) atoms. The van der Waals surface area contributed by atoms with Crippen LogP contribution in [0.5, 0.6) is 11.5 Å². The molecule has 0 fully saturated rings. The lowest BCUT2D eigenvalue weighted by molar-refractivity contribution is -0.136. The first-order valence-corrected chi connectivity index (χ1v) is 10.5. The quantitative estimate of drug-likeness (QED) is 0.321. The monoisotopic (exact) mass is 437 g/mol. The van der Waals surface area contributed by atoms with E-state index in [-0.39, 0.29) is 29.4 Å². The van der Waals surface area contributed by atoms with Crippen molar-refractivity contribution in [3.05, 3.63) is 70.1 Å². The number of carbonyl (C=O) groups is 2. The molecule has 1 N–H and O–H groups in total. The zero-order valence-corrected chi connectivity index (χ0v) is 18.6. The SMILES string of the molecule is CC(C)CNC(=O)c1cc2ccc(OC(=O)COc3cccc(C(C)C)c3)cc2oc1=O. The molecule has 0 radical (unpaired) electrons. The van der Waals surface area contributed by atoms with E-state index in [1.165, 1.54) is 12.1 Å². The molecular weight excluding hydrogens is 410 g/mol. The minimum Gasteiger partial charge on any atom is -0.482 e. The second-order valence-electron chi connectivity index (χ2n) is 8.24. The number of benzene rings is 2. The predicted molar refractivity (Wildman–Crippen MR) is 121 cm³/mol. The molecule has 0 saturated carbocycles. The maximum atomic E-state index is 12.2. The van der Waals surface area contributed by atoms with Gasteiger partial charge in [0.2, 0.25) is 0 Å². The number of rotatable bonds is 8. The molecule has 0 spiro atoms. The number of hydrogen-bond donors (Lipinski definition) is 1. The Bertz CT molecular complexity index is 1180. The summed E-state index contributed by atoms with van der Waals surface area (Å²) in [4.78, 5) is 36.6. The molecule has 7 nitrogen and oxygen atoms in total. The largest absolute Gasteiger partial charge is 0.482 e. The van der Waals surface area contributed by atoms with Gasteiger partial charge in [-0.05, 0) is 47.7 Å². The molecule has 2 aromatic carbocycles. The van der Waals surface area contributed by atoms with Crippen LogP contribution < -0.4 is 20.4 Å². The number of nitrogens with one attached hydrogen (secondary N) is 1. The lowest BCUT2D eigenvalue weighted by Crippen LogP contribution is -2.31. The Balaban J connectivity index is 1.67. The first-order chi connectivity index (χ1) is 15.2. The molecule has 0 saturated heterocycles. The predicted octanol–water partition coefficient (Wildman–Crippen LogP) is 4.29. The summed E-state index contributed by atoms with van der Waals surface area (Å²) in [6, 6.07) is 13.6. The highest BCUT2D eigenvalue weighted by molar-refractivity contribution is 5.96. The van der Waals surface area contributed by atoms with Crippen LogP contribution in [0, 0.1) is 5.92 Å². The highest BCUT2D eigenvalue weighted by Crippen LogP contribution is 2.22. The van der Waals surface area contributed by atoms with E-state index in [1.807, 2.05) is 32.0 Å².